The fourth-order valence-electron chi connectivity index (χ4n) is 3.13. The van der Waals surface area contributed by atoms with Crippen LogP contribution in [-0.2, 0) is 0 Å². The van der Waals surface area contributed by atoms with Crippen LogP contribution in [0, 0.1) is 11.6 Å². The second-order valence-corrected chi connectivity index (χ2v) is 5.41. The van der Waals surface area contributed by atoms with Gasteiger partial charge in [-0.1, -0.05) is 6.42 Å². The van der Waals surface area contributed by atoms with Gasteiger partial charge in [-0.2, -0.15) is 4.99 Å². The van der Waals surface area contributed by atoms with Crippen LogP contribution in [-0.4, -0.2) is 17.6 Å². The molecule has 0 saturated heterocycles. The van der Waals surface area contributed by atoms with Crippen LogP contribution in [0.1, 0.15) is 32.1 Å². The minimum Gasteiger partial charge on any atom is -1.00 e. The molecule has 120 valence electrons. The smallest absolute Gasteiger partial charge is 0.220 e. The average molecular weight is 329 g/mol. The first-order chi connectivity index (χ1) is 10.0. The van der Waals surface area contributed by atoms with Crippen LogP contribution in [0.2, 0.25) is 0 Å². The van der Waals surface area contributed by atoms with Crippen molar-refractivity contribution in [2.45, 2.75) is 37.8 Å². The maximum absolute atomic E-state index is 14.2. The third-order valence-electron chi connectivity index (χ3n) is 4.00. The Morgan fingerprint density at radius 1 is 1.09 bits per heavy atom. The Morgan fingerprint density at radius 3 is 2.41 bits per heavy atom. The van der Waals surface area contributed by atoms with Crippen LogP contribution in [0.25, 0.3) is 0 Å². The van der Waals surface area contributed by atoms with Gasteiger partial charge in [-0.05, 0) is 37.8 Å². The first-order valence-corrected chi connectivity index (χ1v) is 6.97. The Bertz CT molecular complexity index is 626. The van der Waals surface area contributed by atoms with E-state index in [1.54, 1.807) is 4.90 Å². The molecule has 0 amide bonds. The van der Waals surface area contributed by atoms with Crippen molar-refractivity contribution >= 4 is 17.6 Å². The average Bonchev–Trinajstić information content (AvgIpc) is 2.41. The zero-order chi connectivity index (χ0) is 15.0. The number of nitrogens with two attached hydrogens (primary N) is 2. The highest BCUT2D eigenvalue weighted by Crippen LogP contribution is 2.40. The third kappa shape index (κ3) is 2.72. The van der Waals surface area contributed by atoms with E-state index in [0.29, 0.717) is 12.8 Å². The summed E-state index contributed by atoms with van der Waals surface area (Å²) in [6, 6.07) is 3.39. The van der Waals surface area contributed by atoms with Gasteiger partial charge in [0.2, 0.25) is 11.9 Å². The number of aliphatic imine (C=N–C) groups is 2. The fourth-order valence-corrected chi connectivity index (χ4v) is 3.13. The van der Waals surface area contributed by atoms with Gasteiger partial charge >= 0.3 is 0 Å². The number of hydrogen-bond donors (Lipinski definition) is 2. The number of halogens is 3. The van der Waals surface area contributed by atoms with Gasteiger partial charge < -0.3 is 23.9 Å². The van der Waals surface area contributed by atoms with Crippen molar-refractivity contribution in [3.05, 3.63) is 29.8 Å². The maximum Gasteiger partial charge on any atom is 0.220 e. The van der Waals surface area contributed by atoms with E-state index in [4.69, 9.17) is 11.5 Å². The topological polar surface area (TPSA) is 80.0 Å². The molecule has 1 aromatic rings. The van der Waals surface area contributed by atoms with Crippen LogP contribution < -0.4 is 28.8 Å². The molecule has 4 N–H and O–H groups in total. The highest BCUT2D eigenvalue weighted by atomic mass is 35.5. The predicted octanol–water partition coefficient (Wildman–Crippen LogP) is -0.921. The Labute approximate surface area is 133 Å². The van der Waals surface area contributed by atoms with Crippen LogP contribution in [0.3, 0.4) is 0 Å². The highest BCUT2D eigenvalue weighted by Gasteiger charge is 2.43. The number of rotatable bonds is 1. The van der Waals surface area contributed by atoms with E-state index in [0.717, 1.165) is 25.3 Å². The molecule has 0 unspecified atom stereocenters. The van der Waals surface area contributed by atoms with E-state index in [1.807, 2.05) is 0 Å². The van der Waals surface area contributed by atoms with Crippen molar-refractivity contribution in [3.8, 4) is 0 Å². The zero-order valence-electron chi connectivity index (χ0n) is 11.9. The van der Waals surface area contributed by atoms with Crippen molar-refractivity contribution < 1.29 is 21.2 Å². The molecule has 2 aliphatic rings. The van der Waals surface area contributed by atoms with Gasteiger partial charge in [0.05, 0.1) is 5.69 Å². The molecular formula is C14H17ClF2N5-. The van der Waals surface area contributed by atoms with Crippen molar-refractivity contribution in [1.29, 1.82) is 0 Å². The summed E-state index contributed by atoms with van der Waals surface area (Å²) in [6.45, 7) is 0. The van der Waals surface area contributed by atoms with E-state index in [-0.39, 0.29) is 30.0 Å². The van der Waals surface area contributed by atoms with E-state index in [2.05, 4.69) is 9.98 Å². The number of benzene rings is 1. The molecule has 0 radical (unpaired) electrons. The summed E-state index contributed by atoms with van der Waals surface area (Å²) in [5.74, 6) is -1.12. The highest BCUT2D eigenvalue weighted by molar-refractivity contribution is 6.05. The van der Waals surface area contributed by atoms with E-state index >= 15 is 0 Å². The minimum atomic E-state index is -0.715. The van der Waals surface area contributed by atoms with E-state index < -0.39 is 17.3 Å². The molecule has 3 rings (SSSR count). The molecule has 1 heterocycles. The Hall–Kier alpha value is -1.89. The molecule has 5 nitrogen and oxygen atoms in total. The summed E-state index contributed by atoms with van der Waals surface area (Å²) in [6.07, 6.45) is 4.40. The van der Waals surface area contributed by atoms with Crippen LogP contribution in [0.5, 0.6) is 0 Å². The molecule has 1 spiro atoms. The molecule has 8 heteroatoms. The van der Waals surface area contributed by atoms with Gasteiger partial charge in [0.1, 0.15) is 17.3 Å². The summed E-state index contributed by atoms with van der Waals surface area (Å²) in [4.78, 5) is 9.93. The number of hydrogen-bond acceptors (Lipinski definition) is 5. The van der Waals surface area contributed by atoms with Crippen LogP contribution in [0.15, 0.2) is 28.2 Å². The van der Waals surface area contributed by atoms with E-state index in [9.17, 15) is 8.78 Å². The van der Waals surface area contributed by atoms with Crippen LogP contribution in [0.4, 0.5) is 14.5 Å². The standard InChI is InChI=1S/C14H17F2N5.ClH/c15-9-4-5-11(10(16)8-9)21-13(18)19-12(17)20-14(21)6-2-1-3-7-14;/h4-5,8H,1-3,6-7H2,(H4,17,18,19,20);1H/p-1. The third-order valence-corrected chi connectivity index (χ3v) is 4.00. The monoisotopic (exact) mass is 328 g/mol. The van der Waals surface area contributed by atoms with Gasteiger partial charge in [0, 0.05) is 6.07 Å². The summed E-state index contributed by atoms with van der Waals surface area (Å²) >= 11 is 0. The van der Waals surface area contributed by atoms with Crippen LogP contribution >= 0.6 is 0 Å². The minimum absolute atomic E-state index is 0. The summed E-state index contributed by atoms with van der Waals surface area (Å²) in [5, 5.41) is 0. The van der Waals surface area contributed by atoms with Crippen molar-refractivity contribution in [3.63, 3.8) is 0 Å². The Kier molecular flexibility index (Phi) is 4.55. The van der Waals surface area contributed by atoms with Gasteiger partial charge in [-0.15, -0.1) is 0 Å². The van der Waals surface area contributed by atoms with Gasteiger partial charge in [-0.25, -0.2) is 13.8 Å². The largest absolute Gasteiger partial charge is 1.00 e. The fraction of sp³-hybridized carbons (Fsp3) is 0.429. The lowest BCUT2D eigenvalue weighted by atomic mass is 9.87. The first kappa shape index (κ1) is 16.5. The molecule has 1 saturated carbocycles. The molecule has 22 heavy (non-hydrogen) atoms. The summed E-state index contributed by atoms with van der Waals surface area (Å²) in [7, 11) is 0. The lowest BCUT2D eigenvalue weighted by Crippen LogP contribution is -3.00. The second kappa shape index (κ2) is 6.08. The molecule has 0 bridgehead atoms. The zero-order valence-corrected chi connectivity index (χ0v) is 12.7. The molecule has 0 aromatic heterocycles. The Balaban J connectivity index is 0.00000176. The quantitative estimate of drug-likeness (QED) is 0.699. The van der Waals surface area contributed by atoms with Gasteiger partial charge in [0.15, 0.2) is 0 Å². The first-order valence-electron chi connectivity index (χ1n) is 6.97. The number of anilines is 1. The molecule has 0 atom stereocenters. The van der Waals surface area contributed by atoms with E-state index in [1.165, 1.54) is 12.1 Å². The molecule has 1 fully saturated rings. The maximum atomic E-state index is 14.2. The summed E-state index contributed by atoms with van der Waals surface area (Å²) in [5.41, 5.74) is 11.2. The normalized spacial score (nSPS) is 20.2. The summed E-state index contributed by atoms with van der Waals surface area (Å²) < 4.78 is 27.3. The second-order valence-electron chi connectivity index (χ2n) is 5.41. The molecule has 1 aliphatic carbocycles. The van der Waals surface area contributed by atoms with Gasteiger partial charge in [-0.3, -0.25) is 4.90 Å². The Morgan fingerprint density at radius 2 is 1.77 bits per heavy atom. The van der Waals surface area contributed by atoms with Crippen molar-refractivity contribution in [2.24, 2.45) is 21.5 Å². The van der Waals surface area contributed by atoms with Crippen molar-refractivity contribution in [2.75, 3.05) is 4.90 Å². The number of nitrogens with zero attached hydrogens (tertiary/aromatic N) is 3. The predicted molar refractivity (Wildman–Crippen MR) is 77.9 cm³/mol. The molecule has 1 aromatic carbocycles. The van der Waals surface area contributed by atoms with Gasteiger partial charge in [0.25, 0.3) is 0 Å². The SMILES string of the molecule is NC1=NC2(CCCCC2)N(c2ccc(F)cc2F)C(N)=N1.[Cl-]. The lowest BCUT2D eigenvalue weighted by molar-refractivity contribution is -0.00000623. The lowest BCUT2D eigenvalue weighted by Gasteiger charge is -2.45. The molecule has 1 aliphatic heterocycles. The van der Waals surface area contributed by atoms with Crippen molar-refractivity contribution in [1.82, 2.24) is 0 Å². The number of guanidine groups is 2. The molecular weight excluding hydrogens is 312 g/mol.